The minimum absolute atomic E-state index is 0.0386. The normalized spacial score (nSPS) is 12.6. The molecule has 0 fully saturated rings. The van der Waals surface area contributed by atoms with Crippen molar-refractivity contribution in [3.8, 4) is 0 Å². The van der Waals surface area contributed by atoms with E-state index in [2.05, 4.69) is 22.6 Å². The Morgan fingerprint density at radius 1 is 0.933 bits per heavy atom. The summed E-state index contributed by atoms with van der Waals surface area (Å²) in [6.45, 7) is 10.2. The Bertz CT molecular complexity index is 681. The Labute approximate surface area is 192 Å². The third kappa shape index (κ3) is 9.77. The van der Waals surface area contributed by atoms with Gasteiger partial charge in [-0.15, -0.1) is 0 Å². The fourth-order valence-electron chi connectivity index (χ4n) is 2.40. The van der Waals surface area contributed by atoms with Gasteiger partial charge in [0.25, 0.3) is 0 Å². The molecular weight excluding hydrogens is 501 g/mol. The maximum Gasteiger partial charge on any atom is 0.420 e. The van der Waals surface area contributed by atoms with Crippen molar-refractivity contribution in [2.45, 2.75) is 78.2 Å². The van der Waals surface area contributed by atoms with E-state index >= 15 is 0 Å². The van der Waals surface area contributed by atoms with E-state index in [1.54, 1.807) is 41.5 Å². The van der Waals surface area contributed by atoms with Crippen LogP contribution in [0.2, 0.25) is 0 Å². The summed E-state index contributed by atoms with van der Waals surface area (Å²) in [4.78, 5) is 39.4. The first-order valence-electron chi connectivity index (χ1n) is 9.86. The van der Waals surface area contributed by atoms with Crippen molar-refractivity contribution >= 4 is 40.7 Å². The second kappa shape index (κ2) is 11.5. The highest BCUT2D eigenvalue weighted by Gasteiger charge is 2.40. The van der Waals surface area contributed by atoms with Crippen molar-refractivity contribution < 1.29 is 28.6 Å². The molecule has 0 N–H and O–H groups in total. The Morgan fingerprint density at radius 2 is 1.43 bits per heavy atom. The Hall–Kier alpha value is -1.84. The molecule has 0 saturated heterocycles. The monoisotopic (exact) mass is 533 g/mol. The molecule has 1 atom stereocenters. The van der Waals surface area contributed by atoms with Crippen LogP contribution in [0.3, 0.4) is 0 Å². The fourth-order valence-corrected chi connectivity index (χ4v) is 2.84. The van der Waals surface area contributed by atoms with Gasteiger partial charge in [0.1, 0.15) is 23.9 Å². The summed E-state index contributed by atoms with van der Waals surface area (Å²) in [6, 6.07) is 8.04. The quantitative estimate of drug-likeness (QED) is 0.200. The van der Waals surface area contributed by atoms with Gasteiger partial charge in [0.2, 0.25) is 0 Å². The number of ether oxygens (including phenoxy) is 3. The lowest BCUT2D eigenvalue weighted by molar-refractivity contribution is -0.151. The van der Waals surface area contributed by atoms with Crippen molar-refractivity contribution in [1.29, 1.82) is 0 Å². The number of carbonyl (C=O) groups is 3. The molecule has 0 aliphatic rings. The summed E-state index contributed by atoms with van der Waals surface area (Å²) in [7, 11) is 0. The molecule has 168 valence electrons. The number of amides is 2. The van der Waals surface area contributed by atoms with Crippen LogP contribution in [0, 0.1) is 0 Å². The SMILES string of the molecule is CC(C)(C)OC(=O)N(C(=O)OC(C)(C)C)[C@@H](CCCI)C(=O)OCc1ccccc1. The van der Waals surface area contributed by atoms with E-state index in [1.165, 1.54) is 0 Å². The van der Waals surface area contributed by atoms with Gasteiger partial charge in [0, 0.05) is 0 Å². The molecule has 0 spiro atoms. The molecule has 0 unspecified atom stereocenters. The van der Waals surface area contributed by atoms with Gasteiger partial charge in [0.15, 0.2) is 0 Å². The van der Waals surface area contributed by atoms with Gasteiger partial charge in [-0.1, -0.05) is 52.9 Å². The van der Waals surface area contributed by atoms with Crippen LogP contribution in [0.15, 0.2) is 30.3 Å². The van der Waals surface area contributed by atoms with E-state index < -0.39 is 35.4 Å². The second-order valence-corrected chi connectivity index (χ2v) is 9.85. The summed E-state index contributed by atoms with van der Waals surface area (Å²) in [5.41, 5.74) is -0.891. The van der Waals surface area contributed by atoms with E-state index in [1.807, 2.05) is 30.3 Å². The first-order chi connectivity index (χ1) is 13.8. The molecule has 0 saturated carbocycles. The van der Waals surface area contributed by atoms with Gasteiger partial charge >= 0.3 is 18.2 Å². The number of halogens is 1. The van der Waals surface area contributed by atoms with E-state index in [4.69, 9.17) is 14.2 Å². The summed E-state index contributed by atoms with van der Waals surface area (Å²) < 4.78 is 16.9. The molecule has 8 heteroatoms. The number of nitrogens with zero attached hydrogens (tertiary/aromatic N) is 1. The highest BCUT2D eigenvalue weighted by atomic mass is 127. The van der Waals surface area contributed by atoms with E-state index in [0.29, 0.717) is 6.42 Å². The minimum Gasteiger partial charge on any atom is -0.459 e. The van der Waals surface area contributed by atoms with E-state index in [0.717, 1.165) is 14.9 Å². The molecule has 0 radical (unpaired) electrons. The molecule has 1 rings (SSSR count). The molecule has 0 aromatic heterocycles. The lowest BCUT2D eigenvalue weighted by atomic mass is 10.1. The van der Waals surface area contributed by atoms with Crippen LogP contribution in [0.5, 0.6) is 0 Å². The smallest absolute Gasteiger partial charge is 0.420 e. The number of benzene rings is 1. The number of imide groups is 1. The maximum atomic E-state index is 12.9. The zero-order valence-electron chi connectivity index (χ0n) is 18.6. The summed E-state index contributed by atoms with van der Waals surface area (Å²) in [6.07, 6.45) is -1.03. The highest BCUT2D eigenvalue weighted by molar-refractivity contribution is 14.1. The summed E-state index contributed by atoms with van der Waals surface area (Å²) >= 11 is 2.17. The standard InChI is InChI=1S/C22H32INO6/c1-21(2,3)29-19(26)24(20(27)30-22(4,5)6)17(13-10-14-23)18(25)28-15-16-11-8-7-9-12-16/h7-9,11-12,17H,10,13-15H2,1-6H3/t17-/m0/s1. The van der Waals surface area contributed by atoms with Crippen LogP contribution in [0.1, 0.15) is 59.9 Å². The maximum absolute atomic E-state index is 12.9. The minimum atomic E-state index is -1.15. The lowest BCUT2D eigenvalue weighted by Crippen LogP contribution is -2.52. The Morgan fingerprint density at radius 3 is 1.87 bits per heavy atom. The van der Waals surface area contributed by atoms with Gasteiger partial charge in [-0.2, -0.15) is 4.90 Å². The van der Waals surface area contributed by atoms with Crippen molar-refractivity contribution in [3.05, 3.63) is 35.9 Å². The summed E-state index contributed by atoms with van der Waals surface area (Å²) in [5, 5.41) is 0. The molecule has 0 aliphatic heterocycles. The van der Waals surface area contributed by atoms with Crippen LogP contribution in [-0.4, -0.2) is 44.7 Å². The number of esters is 1. The number of rotatable bonds is 7. The number of hydrogen-bond donors (Lipinski definition) is 0. The van der Waals surface area contributed by atoms with Gasteiger partial charge in [-0.3, -0.25) is 0 Å². The summed E-state index contributed by atoms with van der Waals surface area (Å²) in [5.74, 6) is -0.680. The molecule has 0 heterocycles. The molecule has 2 amide bonds. The van der Waals surface area contributed by atoms with Crippen LogP contribution < -0.4 is 0 Å². The van der Waals surface area contributed by atoms with E-state index in [-0.39, 0.29) is 13.0 Å². The first kappa shape index (κ1) is 26.2. The number of alkyl halides is 1. The predicted molar refractivity (Wildman–Crippen MR) is 122 cm³/mol. The Balaban J connectivity index is 3.14. The number of carbonyl (C=O) groups excluding carboxylic acids is 3. The van der Waals surface area contributed by atoms with Crippen molar-refractivity contribution in [1.82, 2.24) is 4.90 Å². The molecule has 1 aromatic carbocycles. The van der Waals surface area contributed by atoms with Crippen molar-refractivity contribution in [2.75, 3.05) is 4.43 Å². The molecule has 0 aliphatic carbocycles. The van der Waals surface area contributed by atoms with Gasteiger partial charge in [-0.25, -0.2) is 14.4 Å². The van der Waals surface area contributed by atoms with Gasteiger partial charge in [0.05, 0.1) is 0 Å². The second-order valence-electron chi connectivity index (χ2n) is 8.77. The molecule has 7 nitrogen and oxygen atoms in total. The van der Waals surface area contributed by atoms with Gasteiger partial charge in [-0.05, 0) is 64.4 Å². The van der Waals surface area contributed by atoms with Crippen LogP contribution in [0.25, 0.3) is 0 Å². The van der Waals surface area contributed by atoms with E-state index in [9.17, 15) is 14.4 Å². The Kier molecular flexibility index (Phi) is 10.1. The fraction of sp³-hybridized carbons (Fsp3) is 0.591. The van der Waals surface area contributed by atoms with Crippen LogP contribution in [0.4, 0.5) is 9.59 Å². The molecule has 0 bridgehead atoms. The highest BCUT2D eigenvalue weighted by Crippen LogP contribution is 2.20. The predicted octanol–water partition coefficient (Wildman–Crippen LogP) is 5.49. The topological polar surface area (TPSA) is 82.1 Å². The zero-order chi connectivity index (χ0) is 22.9. The molecular formula is C22H32INO6. The first-order valence-corrected chi connectivity index (χ1v) is 11.4. The van der Waals surface area contributed by atoms with Gasteiger partial charge < -0.3 is 14.2 Å². The average Bonchev–Trinajstić information content (AvgIpc) is 2.60. The third-order valence-electron chi connectivity index (χ3n) is 3.60. The largest absolute Gasteiger partial charge is 0.459 e. The zero-order valence-corrected chi connectivity index (χ0v) is 20.7. The number of hydrogen-bond acceptors (Lipinski definition) is 6. The van der Waals surface area contributed by atoms with Crippen molar-refractivity contribution in [3.63, 3.8) is 0 Å². The molecule has 1 aromatic rings. The van der Waals surface area contributed by atoms with Crippen LogP contribution in [-0.2, 0) is 25.6 Å². The third-order valence-corrected chi connectivity index (χ3v) is 4.36. The molecule has 30 heavy (non-hydrogen) atoms. The average molecular weight is 533 g/mol. The van der Waals surface area contributed by atoms with Crippen LogP contribution >= 0.6 is 22.6 Å². The lowest BCUT2D eigenvalue weighted by Gasteiger charge is -2.32. The van der Waals surface area contributed by atoms with Crippen molar-refractivity contribution in [2.24, 2.45) is 0 Å².